The number of carbonyl (C=O) groups is 3. The van der Waals surface area contributed by atoms with E-state index in [-0.39, 0.29) is 13.0 Å². The van der Waals surface area contributed by atoms with E-state index in [1.54, 1.807) is 43.3 Å². The molecule has 1 aromatic carbocycles. The molecule has 0 saturated carbocycles. The highest BCUT2D eigenvalue weighted by atomic mass is 35.5. The minimum atomic E-state index is -1.97. The van der Waals surface area contributed by atoms with Crippen molar-refractivity contribution in [3.63, 3.8) is 0 Å². The molecule has 0 saturated heterocycles. The standard InChI is InChI=1S/C18H19ClN2O5/c1-3-25-17(24)18(21-12(2)22,11-15-5-4-10-26-15)16(23)20-14-8-6-13(19)7-9-14/h4-10H,3,11H2,1-2H3,(H,20,23)(H,21,22). The first-order chi connectivity index (χ1) is 12.4. The maximum Gasteiger partial charge on any atom is 0.342 e. The maximum atomic E-state index is 13.0. The topological polar surface area (TPSA) is 97.6 Å². The molecule has 2 amide bonds. The molecule has 1 aromatic heterocycles. The normalized spacial score (nSPS) is 12.7. The van der Waals surface area contributed by atoms with Crippen LogP contribution in [-0.4, -0.2) is 29.9 Å². The van der Waals surface area contributed by atoms with Crippen molar-refractivity contribution < 1.29 is 23.5 Å². The highest BCUT2D eigenvalue weighted by Crippen LogP contribution is 2.21. The van der Waals surface area contributed by atoms with Gasteiger partial charge < -0.3 is 19.8 Å². The summed E-state index contributed by atoms with van der Waals surface area (Å²) in [7, 11) is 0. The largest absolute Gasteiger partial charge is 0.469 e. The first-order valence-electron chi connectivity index (χ1n) is 7.92. The summed E-state index contributed by atoms with van der Waals surface area (Å²) < 4.78 is 10.3. The lowest BCUT2D eigenvalue weighted by Crippen LogP contribution is -2.63. The second kappa shape index (κ2) is 8.53. The fourth-order valence-corrected chi connectivity index (χ4v) is 2.52. The summed E-state index contributed by atoms with van der Waals surface area (Å²) in [5, 5.41) is 5.55. The molecule has 138 valence electrons. The van der Waals surface area contributed by atoms with Gasteiger partial charge in [0.2, 0.25) is 11.4 Å². The molecule has 0 spiro atoms. The molecule has 1 atom stereocenters. The van der Waals surface area contributed by atoms with E-state index in [9.17, 15) is 14.4 Å². The monoisotopic (exact) mass is 378 g/mol. The second-order valence-electron chi connectivity index (χ2n) is 5.52. The molecule has 0 aliphatic heterocycles. The molecule has 0 fully saturated rings. The number of anilines is 1. The molecule has 0 bridgehead atoms. The van der Waals surface area contributed by atoms with Gasteiger partial charge in [0.25, 0.3) is 5.91 Å². The quantitative estimate of drug-likeness (QED) is 0.570. The van der Waals surface area contributed by atoms with Gasteiger partial charge in [-0.05, 0) is 43.3 Å². The van der Waals surface area contributed by atoms with Crippen LogP contribution in [0.3, 0.4) is 0 Å². The first-order valence-corrected chi connectivity index (χ1v) is 8.30. The molecule has 1 unspecified atom stereocenters. The van der Waals surface area contributed by atoms with E-state index in [2.05, 4.69) is 10.6 Å². The molecule has 0 aliphatic carbocycles. The summed E-state index contributed by atoms with van der Waals surface area (Å²) in [6.45, 7) is 2.87. The average Bonchev–Trinajstić information content (AvgIpc) is 3.08. The number of halogens is 1. The van der Waals surface area contributed by atoms with Crippen molar-refractivity contribution in [3.05, 3.63) is 53.4 Å². The molecule has 7 nitrogen and oxygen atoms in total. The van der Waals surface area contributed by atoms with Crippen LogP contribution in [0.25, 0.3) is 0 Å². The Morgan fingerprint density at radius 3 is 2.42 bits per heavy atom. The van der Waals surface area contributed by atoms with E-state index < -0.39 is 23.3 Å². The summed E-state index contributed by atoms with van der Waals surface area (Å²) in [4.78, 5) is 37.4. The summed E-state index contributed by atoms with van der Waals surface area (Å²) >= 11 is 5.84. The van der Waals surface area contributed by atoms with E-state index in [0.717, 1.165) is 0 Å². The summed E-state index contributed by atoms with van der Waals surface area (Å²) in [5.41, 5.74) is -1.56. The van der Waals surface area contributed by atoms with Crippen LogP contribution in [0.1, 0.15) is 19.6 Å². The molecule has 0 radical (unpaired) electrons. The predicted molar refractivity (Wildman–Crippen MR) is 95.7 cm³/mol. The van der Waals surface area contributed by atoms with Crippen LogP contribution in [0.2, 0.25) is 5.02 Å². The number of hydrogen-bond donors (Lipinski definition) is 2. The van der Waals surface area contributed by atoms with Crippen LogP contribution >= 0.6 is 11.6 Å². The number of nitrogens with one attached hydrogen (secondary N) is 2. The van der Waals surface area contributed by atoms with Crippen molar-refractivity contribution in [2.75, 3.05) is 11.9 Å². The summed E-state index contributed by atoms with van der Waals surface area (Å²) in [6.07, 6.45) is 1.22. The lowest BCUT2D eigenvalue weighted by molar-refractivity contribution is -0.156. The minimum Gasteiger partial charge on any atom is -0.469 e. The van der Waals surface area contributed by atoms with Crippen molar-refractivity contribution >= 4 is 35.1 Å². The van der Waals surface area contributed by atoms with Crippen molar-refractivity contribution in [3.8, 4) is 0 Å². The number of esters is 1. The zero-order valence-corrected chi connectivity index (χ0v) is 15.1. The van der Waals surface area contributed by atoms with Gasteiger partial charge in [0.05, 0.1) is 12.9 Å². The SMILES string of the molecule is CCOC(=O)C(Cc1ccco1)(NC(C)=O)C(=O)Nc1ccc(Cl)cc1. The van der Waals surface area contributed by atoms with Gasteiger partial charge in [-0.2, -0.15) is 0 Å². The number of carbonyl (C=O) groups excluding carboxylic acids is 3. The van der Waals surface area contributed by atoms with Crippen molar-refractivity contribution in [2.45, 2.75) is 25.8 Å². The van der Waals surface area contributed by atoms with Gasteiger partial charge in [-0.3, -0.25) is 9.59 Å². The lowest BCUT2D eigenvalue weighted by atomic mass is 9.92. The van der Waals surface area contributed by atoms with E-state index in [1.165, 1.54) is 13.2 Å². The Balaban J connectivity index is 2.40. The Morgan fingerprint density at radius 2 is 1.88 bits per heavy atom. The van der Waals surface area contributed by atoms with E-state index in [0.29, 0.717) is 16.5 Å². The Kier molecular flexibility index (Phi) is 6.41. The van der Waals surface area contributed by atoms with Crippen molar-refractivity contribution in [1.29, 1.82) is 0 Å². The number of benzene rings is 1. The highest BCUT2D eigenvalue weighted by Gasteiger charge is 2.49. The first kappa shape index (κ1) is 19.5. The second-order valence-corrected chi connectivity index (χ2v) is 5.96. The lowest BCUT2D eigenvalue weighted by Gasteiger charge is -2.30. The maximum absolute atomic E-state index is 13.0. The van der Waals surface area contributed by atoms with Crippen LogP contribution in [0, 0.1) is 0 Å². The van der Waals surface area contributed by atoms with Gasteiger partial charge in [-0.1, -0.05) is 11.6 Å². The highest BCUT2D eigenvalue weighted by molar-refractivity contribution is 6.30. The molecular weight excluding hydrogens is 360 g/mol. The Bertz CT molecular complexity index is 773. The van der Waals surface area contributed by atoms with Gasteiger partial charge in [0.15, 0.2) is 0 Å². The van der Waals surface area contributed by atoms with E-state index >= 15 is 0 Å². The van der Waals surface area contributed by atoms with Crippen LogP contribution < -0.4 is 10.6 Å². The number of amides is 2. The zero-order chi connectivity index (χ0) is 19.2. The smallest absolute Gasteiger partial charge is 0.342 e. The molecule has 2 rings (SSSR count). The van der Waals surface area contributed by atoms with Crippen molar-refractivity contribution in [2.24, 2.45) is 0 Å². The number of furan rings is 1. The van der Waals surface area contributed by atoms with Crippen LogP contribution in [-0.2, 0) is 25.5 Å². The van der Waals surface area contributed by atoms with Gasteiger partial charge in [0.1, 0.15) is 5.76 Å². The fourth-order valence-electron chi connectivity index (χ4n) is 2.40. The summed E-state index contributed by atoms with van der Waals surface area (Å²) in [5.74, 6) is -1.84. The average molecular weight is 379 g/mol. The van der Waals surface area contributed by atoms with Crippen molar-refractivity contribution in [1.82, 2.24) is 5.32 Å². The van der Waals surface area contributed by atoms with Crippen LogP contribution in [0.4, 0.5) is 5.69 Å². The minimum absolute atomic E-state index is 0.0482. The van der Waals surface area contributed by atoms with Gasteiger partial charge in [-0.15, -0.1) is 0 Å². The van der Waals surface area contributed by atoms with Gasteiger partial charge in [0, 0.05) is 24.1 Å². The van der Waals surface area contributed by atoms with Gasteiger partial charge in [-0.25, -0.2) is 4.79 Å². The Labute approximate surface area is 155 Å². The van der Waals surface area contributed by atoms with Crippen LogP contribution in [0.15, 0.2) is 47.1 Å². The van der Waals surface area contributed by atoms with Gasteiger partial charge >= 0.3 is 5.97 Å². The molecule has 2 aromatic rings. The number of ether oxygens (including phenoxy) is 1. The third-order valence-corrected chi connectivity index (χ3v) is 3.77. The molecule has 1 heterocycles. The third kappa shape index (κ3) is 4.64. The Morgan fingerprint density at radius 1 is 1.19 bits per heavy atom. The molecule has 0 aliphatic rings. The fraction of sp³-hybridized carbons (Fsp3) is 0.278. The third-order valence-electron chi connectivity index (χ3n) is 3.52. The van der Waals surface area contributed by atoms with E-state index in [4.69, 9.17) is 20.8 Å². The summed E-state index contributed by atoms with van der Waals surface area (Å²) in [6, 6.07) is 9.57. The molecule has 26 heavy (non-hydrogen) atoms. The number of rotatable bonds is 7. The van der Waals surface area contributed by atoms with E-state index in [1.807, 2.05) is 0 Å². The number of hydrogen-bond acceptors (Lipinski definition) is 5. The Hall–Kier alpha value is -2.80. The zero-order valence-electron chi connectivity index (χ0n) is 14.4. The molecule has 2 N–H and O–H groups in total. The molecular formula is C18H19ClN2O5. The predicted octanol–water partition coefficient (Wildman–Crippen LogP) is 2.55. The molecule has 8 heteroatoms. The van der Waals surface area contributed by atoms with Crippen LogP contribution in [0.5, 0.6) is 0 Å².